The molecule has 146 valence electrons. The molecule has 1 amide bonds. The highest BCUT2D eigenvalue weighted by molar-refractivity contribution is 5.92. The van der Waals surface area contributed by atoms with E-state index >= 15 is 0 Å². The van der Waals surface area contributed by atoms with E-state index in [4.69, 9.17) is 13.9 Å². The molecule has 6 nitrogen and oxygen atoms in total. The van der Waals surface area contributed by atoms with E-state index in [1.54, 1.807) is 11.9 Å². The molecule has 0 radical (unpaired) electrons. The van der Waals surface area contributed by atoms with E-state index < -0.39 is 11.7 Å². The monoisotopic (exact) mass is 384 g/mol. The van der Waals surface area contributed by atoms with Crippen LogP contribution in [-0.4, -0.2) is 42.1 Å². The van der Waals surface area contributed by atoms with Gasteiger partial charge in [0, 0.05) is 26.3 Å². The smallest absolute Gasteiger partial charge is 0.416 e. The van der Waals surface area contributed by atoms with E-state index in [0.717, 1.165) is 25.0 Å². The molecule has 1 saturated heterocycles. The van der Waals surface area contributed by atoms with E-state index in [-0.39, 0.29) is 35.9 Å². The number of amides is 1. The maximum atomic E-state index is 12.7. The van der Waals surface area contributed by atoms with Crippen molar-refractivity contribution in [2.45, 2.75) is 31.7 Å². The second-order valence-electron chi connectivity index (χ2n) is 6.20. The molecule has 0 N–H and O–H groups in total. The Kier molecular flexibility index (Phi) is 5.69. The lowest BCUT2D eigenvalue weighted by atomic mass is 10.1. The number of halogens is 3. The minimum absolute atomic E-state index is 0.0372. The molecule has 0 spiro atoms. The van der Waals surface area contributed by atoms with Gasteiger partial charge in [0.2, 0.25) is 5.89 Å². The lowest BCUT2D eigenvalue weighted by Gasteiger charge is -2.30. The van der Waals surface area contributed by atoms with Crippen molar-refractivity contribution in [2.24, 2.45) is 0 Å². The number of rotatable bonds is 5. The second kappa shape index (κ2) is 7.99. The van der Waals surface area contributed by atoms with Crippen LogP contribution in [-0.2, 0) is 17.5 Å². The summed E-state index contributed by atoms with van der Waals surface area (Å²) in [6.45, 7) is 1.03. The number of carbonyl (C=O) groups excluding carboxylic acids is 1. The van der Waals surface area contributed by atoms with Gasteiger partial charge in [-0.05, 0) is 31.0 Å². The number of aromatic nitrogens is 1. The van der Waals surface area contributed by atoms with Crippen LogP contribution in [0.15, 0.2) is 34.9 Å². The number of alkyl halides is 3. The van der Waals surface area contributed by atoms with Crippen LogP contribution in [0.3, 0.4) is 0 Å². The Hall–Kier alpha value is -2.55. The zero-order chi connectivity index (χ0) is 19.4. The number of ether oxygens (including phenoxy) is 2. The van der Waals surface area contributed by atoms with Crippen LogP contribution in [0.1, 0.15) is 34.8 Å². The van der Waals surface area contributed by atoms with Gasteiger partial charge in [-0.2, -0.15) is 13.2 Å². The van der Waals surface area contributed by atoms with Crippen molar-refractivity contribution < 1.29 is 31.9 Å². The van der Waals surface area contributed by atoms with Crippen LogP contribution in [0.2, 0.25) is 0 Å². The summed E-state index contributed by atoms with van der Waals surface area (Å²) in [6, 6.07) is 4.59. The standard InChI is InChI=1S/C18H19F3N2O4/c1-23(13-5-7-25-8-6-13)17(24)15-10-27-16(22-15)11-26-14-4-2-3-12(9-14)18(19,20)21/h2-4,9-10,13H,5-8,11H2,1H3. The molecule has 3 rings (SSSR count). The molecular formula is C18H19F3N2O4. The molecule has 0 atom stereocenters. The van der Waals surface area contributed by atoms with Crippen molar-refractivity contribution in [2.75, 3.05) is 20.3 Å². The third kappa shape index (κ3) is 4.79. The number of hydrogen-bond acceptors (Lipinski definition) is 5. The highest BCUT2D eigenvalue weighted by atomic mass is 19.4. The zero-order valence-corrected chi connectivity index (χ0v) is 14.7. The number of benzene rings is 1. The summed E-state index contributed by atoms with van der Waals surface area (Å²) in [5.41, 5.74) is -0.673. The van der Waals surface area contributed by atoms with Gasteiger partial charge in [0.1, 0.15) is 12.0 Å². The van der Waals surface area contributed by atoms with Crippen molar-refractivity contribution >= 4 is 5.91 Å². The van der Waals surface area contributed by atoms with Crippen molar-refractivity contribution in [3.63, 3.8) is 0 Å². The molecule has 2 aromatic rings. The fourth-order valence-electron chi connectivity index (χ4n) is 2.80. The molecule has 1 fully saturated rings. The molecule has 1 aromatic carbocycles. The molecule has 0 saturated carbocycles. The van der Waals surface area contributed by atoms with Gasteiger partial charge in [0.05, 0.1) is 5.56 Å². The fraction of sp³-hybridized carbons (Fsp3) is 0.444. The quantitative estimate of drug-likeness (QED) is 0.789. The molecule has 0 bridgehead atoms. The van der Waals surface area contributed by atoms with Gasteiger partial charge in [-0.15, -0.1) is 0 Å². The van der Waals surface area contributed by atoms with Crippen LogP contribution < -0.4 is 4.74 Å². The topological polar surface area (TPSA) is 64.8 Å². The van der Waals surface area contributed by atoms with Crippen LogP contribution >= 0.6 is 0 Å². The summed E-state index contributed by atoms with van der Waals surface area (Å²) >= 11 is 0. The van der Waals surface area contributed by atoms with E-state index in [1.165, 1.54) is 18.4 Å². The summed E-state index contributed by atoms with van der Waals surface area (Å²) in [7, 11) is 1.70. The van der Waals surface area contributed by atoms with Gasteiger partial charge >= 0.3 is 6.18 Å². The van der Waals surface area contributed by atoms with Crippen molar-refractivity contribution in [3.05, 3.63) is 47.7 Å². The largest absolute Gasteiger partial charge is 0.484 e. The van der Waals surface area contributed by atoms with E-state index in [2.05, 4.69) is 4.98 Å². The molecule has 2 heterocycles. The summed E-state index contributed by atoms with van der Waals surface area (Å²) in [6.07, 6.45) is -1.71. The van der Waals surface area contributed by atoms with E-state index in [0.29, 0.717) is 13.2 Å². The van der Waals surface area contributed by atoms with Crippen LogP contribution in [0, 0.1) is 0 Å². The number of hydrogen-bond donors (Lipinski definition) is 0. The number of oxazole rings is 1. The van der Waals surface area contributed by atoms with Crippen LogP contribution in [0.5, 0.6) is 5.75 Å². The average Bonchev–Trinajstić information content (AvgIpc) is 3.14. The van der Waals surface area contributed by atoms with Crippen LogP contribution in [0.25, 0.3) is 0 Å². The maximum Gasteiger partial charge on any atom is 0.416 e. The molecule has 27 heavy (non-hydrogen) atoms. The Morgan fingerprint density at radius 1 is 1.33 bits per heavy atom. The van der Waals surface area contributed by atoms with Gasteiger partial charge in [-0.1, -0.05) is 6.07 Å². The first-order chi connectivity index (χ1) is 12.8. The molecule has 1 aliphatic rings. The first-order valence-electron chi connectivity index (χ1n) is 8.44. The lowest BCUT2D eigenvalue weighted by Crippen LogP contribution is -2.40. The highest BCUT2D eigenvalue weighted by Gasteiger charge is 2.30. The fourth-order valence-corrected chi connectivity index (χ4v) is 2.80. The Balaban J connectivity index is 1.60. The van der Waals surface area contributed by atoms with Crippen molar-refractivity contribution in [3.8, 4) is 5.75 Å². The minimum Gasteiger partial charge on any atom is -0.484 e. The summed E-state index contributed by atoms with van der Waals surface area (Å²) < 4.78 is 53.9. The highest BCUT2D eigenvalue weighted by Crippen LogP contribution is 2.31. The number of nitrogens with zero attached hydrogens (tertiary/aromatic N) is 2. The Morgan fingerprint density at radius 3 is 2.78 bits per heavy atom. The van der Waals surface area contributed by atoms with E-state index in [9.17, 15) is 18.0 Å². The van der Waals surface area contributed by atoms with Gasteiger partial charge in [-0.25, -0.2) is 4.98 Å². The molecule has 0 unspecified atom stereocenters. The molecule has 1 aromatic heterocycles. The zero-order valence-electron chi connectivity index (χ0n) is 14.7. The Bertz CT molecular complexity index is 785. The molecule has 9 heteroatoms. The Morgan fingerprint density at radius 2 is 2.07 bits per heavy atom. The molecule has 1 aliphatic heterocycles. The lowest BCUT2D eigenvalue weighted by molar-refractivity contribution is -0.137. The predicted octanol–water partition coefficient (Wildman–Crippen LogP) is 3.52. The van der Waals surface area contributed by atoms with Crippen molar-refractivity contribution in [1.82, 2.24) is 9.88 Å². The predicted molar refractivity (Wildman–Crippen MR) is 88.2 cm³/mol. The maximum absolute atomic E-state index is 12.7. The van der Waals surface area contributed by atoms with Gasteiger partial charge in [0.25, 0.3) is 5.91 Å². The Labute approximate surface area is 153 Å². The summed E-state index contributed by atoms with van der Waals surface area (Å²) in [4.78, 5) is 18.2. The first kappa shape index (κ1) is 19.2. The molecular weight excluding hydrogens is 365 g/mol. The SMILES string of the molecule is CN(C(=O)c1coc(COc2cccc(C(F)(F)F)c2)n1)C1CCOCC1. The average molecular weight is 384 g/mol. The normalized spacial score (nSPS) is 15.6. The molecule has 0 aliphatic carbocycles. The second-order valence-corrected chi connectivity index (χ2v) is 6.20. The van der Waals surface area contributed by atoms with Gasteiger partial charge in [0.15, 0.2) is 12.3 Å². The summed E-state index contributed by atoms with van der Waals surface area (Å²) in [5.74, 6) is -0.137. The minimum atomic E-state index is -4.45. The summed E-state index contributed by atoms with van der Waals surface area (Å²) in [5, 5.41) is 0. The van der Waals surface area contributed by atoms with Gasteiger partial charge in [-0.3, -0.25) is 4.79 Å². The van der Waals surface area contributed by atoms with E-state index in [1.807, 2.05) is 0 Å². The third-order valence-electron chi connectivity index (χ3n) is 4.35. The van der Waals surface area contributed by atoms with Crippen LogP contribution in [0.4, 0.5) is 13.2 Å². The third-order valence-corrected chi connectivity index (χ3v) is 4.35. The first-order valence-corrected chi connectivity index (χ1v) is 8.44. The van der Waals surface area contributed by atoms with Crippen molar-refractivity contribution in [1.29, 1.82) is 0 Å². The number of carbonyl (C=O) groups is 1. The van der Waals surface area contributed by atoms with Gasteiger partial charge < -0.3 is 18.8 Å².